The van der Waals surface area contributed by atoms with Gasteiger partial charge in [0.05, 0.1) is 27.8 Å². The van der Waals surface area contributed by atoms with E-state index in [2.05, 4.69) is 5.32 Å². The highest BCUT2D eigenvalue weighted by molar-refractivity contribution is 6.33. The number of carbonyl (C=O) groups is 1. The van der Waals surface area contributed by atoms with Crippen LogP contribution in [0, 0.1) is 16.7 Å². The lowest BCUT2D eigenvalue weighted by Gasteiger charge is -2.36. The Balaban J connectivity index is 2.99. The van der Waals surface area contributed by atoms with Crippen LogP contribution in [0.4, 0.5) is 5.69 Å². The van der Waals surface area contributed by atoms with Crippen LogP contribution >= 0.6 is 11.6 Å². The number of nitrogens with zero attached hydrogens (tertiary/aromatic N) is 1. The molecule has 0 spiro atoms. The van der Waals surface area contributed by atoms with E-state index >= 15 is 0 Å². The smallest absolute Gasteiger partial charge is 0.231 e. The molecule has 1 amide bonds. The van der Waals surface area contributed by atoms with Gasteiger partial charge in [0.1, 0.15) is 0 Å². The molecule has 3 N–H and O–H groups in total. The Morgan fingerprint density at radius 2 is 1.95 bits per heavy atom. The Morgan fingerprint density at radius 3 is 2.37 bits per heavy atom. The first-order valence-electron chi connectivity index (χ1n) is 5.89. The van der Waals surface area contributed by atoms with Crippen molar-refractivity contribution in [2.24, 2.45) is 11.1 Å². The Kier molecular flexibility index (Phi) is 4.24. The van der Waals surface area contributed by atoms with Crippen molar-refractivity contribution in [3.8, 4) is 6.07 Å². The van der Waals surface area contributed by atoms with Crippen LogP contribution in [0.1, 0.15) is 33.3 Å². The SMILES string of the molecule is CC(C)(N)C(C)(C)C(=O)Nc1ccc(C#N)cc1Cl. The maximum absolute atomic E-state index is 12.3. The lowest BCUT2D eigenvalue weighted by atomic mass is 9.74. The molecule has 0 saturated carbocycles. The van der Waals surface area contributed by atoms with Crippen LogP contribution < -0.4 is 11.1 Å². The minimum absolute atomic E-state index is 0.216. The fourth-order valence-electron chi connectivity index (χ4n) is 1.26. The van der Waals surface area contributed by atoms with E-state index in [4.69, 9.17) is 22.6 Å². The number of nitriles is 1. The van der Waals surface area contributed by atoms with Crippen LogP contribution in [0.3, 0.4) is 0 Å². The van der Waals surface area contributed by atoms with Crippen LogP contribution in [0.2, 0.25) is 5.02 Å². The summed E-state index contributed by atoms with van der Waals surface area (Å²) >= 11 is 6.02. The summed E-state index contributed by atoms with van der Waals surface area (Å²) in [5, 5.41) is 11.8. The van der Waals surface area contributed by atoms with Gasteiger partial charge in [-0.05, 0) is 45.9 Å². The second-order valence-electron chi connectivity index (χ2n) is 5.61. The molecule has 0 heterocycles. The average Bonchev–Trinajstić information content (AvgIpc) is 2.30. The summed E-state index contributed by atoms with van der Waals surface area (Å²) in [6, 6.07) is 6.71. The second-order valence-corrected chi connectivity index (χ2v) is 6.01. The fraction of sp³-hybridized carbons (Fsp3) is 0.429. The molecule has 0 aliphatic heterocycles. The molecular formula is C14H18ClN3O. The number of hydrogen-bond donors (Lipinski definition) is 2. The first kappa shape index (κ1) is 15.5. The minimum atomic E-state index is -0.760. The maximum atomic E-state index is 12.3. The molecule has 0 aliphatic rings. The van der Waals surface area contributed by atoms with Gasteiger partial charge in [0.25, 0.3) is 0 Å². The zero-order chi connectivity index (χ0) is 14.8. The van der Waals surface area contributed by atoms with Crippen molar-refractivity contribution in [3.05, 3.63) is 28.8 Å². The third-order valence-electron chi connectivity index (χ3n) is 3.52. The lowest BCUT2D eigenvalue weighted by molar-refractivity contribution is -0.126. The van der Waals surface area contributed by atoms with Gasteiger partial charge in [0.15, 0.2) is 0 Å². The van der Waals surface area contributed by atoms with E-state index in [1.807, 2.05) is 6.07 Å². The molecule has 0 atom stereocenters. The highest BCUT2D eigenvalue weighted by Gasteiger charge is 2.40. The van der Waals surface area contributed by atoms with Gasteiger partial charge in [-0.1, -0.05) is 11.6 Å². The molecule has 0 radical (unpaired) electrons. The Labute approximate surface area is 118 Å². The molecule has 0 aromatic heterocycles. The van der Waals surface area contributed by atoms with Crippen LogP contribution in [0.15, 0.2) is 18.2 Å². The molecule has 19 heavy (non-hydrogen) atoms. The van der Waals surface area contributed by atoms with Crippen molar-refractivity contribution in [3.63, 3.8) is 0 Å². The topological polar surface area (TPSA) is 78.9 Å². The molecule has 0 bridgehead atoms. The normalized spacial score (nSPS) is 11.8. The van der Waals surface area contributed by atoms with Gasteiger partial charge in [-0.25, -0.2) is 0 Å². The number of hydrogen-bond acceptors (Lipinski definition) is 3. The number of anilines is 1. The van der Waals surface area contributed by atoms with Gasteiger partial charge < -0.3 is 11.1 Å². The zero-order valence-electron chi connectivity index (χ0n) is 11.5. The third kappa shape index (κ3) is 3.25. The quantitative estimate of drug-likeness (QED) is 0.893. The summed E-state index contributed by atoms with van der Waals surface area (Å²) in [5.74, 6) is -0.216. The van der Waals surface area contributed by atoms with Crippen molar-refractivity contribution in [1.29, 1.82) is 5.26 Å². The highest BCUT2D eigenvalue weighted by atomic mass is 35.5. The Hall–Kier alpha value is -1.57. The van der Waals surface area contributed by atoms with E-state index in [1.54, 1.807) is 39.8 Å². The molecule has 0 fully saturated rings. The predicted octanol–water partition coefficient (Wildman–Crippen LogP) is 2.91. The van der Waals surface area contributed by atoms with Crippen molar-refractivity contribution < 1.29 is 4.79 Å². The highest BCUT2D eigenvalue weighted by Crippen LogP contribution is 2.31. The Bertz CT molecular complexity index is 539. The van der Waals surface area contributed by atoms with E-state index in [9.17, 15) is 4.79 Å². The second kappa shape index (κ2) is 5.20. The summed E-state index contributed by atoms with van der Waals surface area (Å²) < 4.78 is 0. The number of halogens is 1. The molecule has 4 nitrogen and oxygen atoms in total. The third-order valence-corrected chi connectivity index (χ3v) is 3.84. The molecule has 1 rings (SSSR count). The van der Waals surface area contributed by atoms with Crippen LogP contribution in [0.25, 0.3) is 0 Å². The first-order chi connectivity index (χ1) is 8.59. The molecule has 0 unspecified atom stereocenters. The predicted molar refractivity (Wildman–Crippen MR) is 76.8 cm³/mol. The molecule has 102 valence electrons. The van der Waals surface area contributed by atoms with Gasteiger partial charge >= 0.3 is 0 Å². The standard InChI is InChI=1S/C14H18ClN3O/c1-13(2,14(3,4)17)12(19)18-11-6-5-9(8-16)7-10(11)15/h5-7H,17H2,1-4H3,(H,18,19). The van der Waals surface area contributed by atoms with Gasteiger partial charge in [-0.2, -0.15) is 5.26 Å². The van der Waals surface area contributed by atoms with Crippen molar-refractivity contribution in [1.82, 2.24) is 0 Å². The number of nitrogens with one attached hydrogen (secondary N) is 1. The molecule has 1 aromatic rings. The zero-order valence-corrected chi connectivity index (χ0v) is 12.3. The molecule has 0 aliphatic carbocycles. The van der Waals surface area contributed by atoms with E-state index in [0.717, 1.165) is 0 Å². The van der Waals surface area contributed by atoms with E-state index in [0.29, 0.717) is 16.3 Å². The maximum Gasteiger partial charge on any atom is 0.231 e. The van der Waals surface area contributed by atoms with Crippen molar-refractivity contribution >= 4 is 23.2 Å². The first-order valence-corrected chi connectivity index (χ1v) is 6.27. The number of nitrogens with two attached hydrogens (primary N) is 1. The van der Waals surface area contributed by atoms with E-state index in [-0.39, 0.29) is 5.91 Å². The number of carbonyl (C=O) groups excluding carboxylic acids is 1. The van der Waals surface area contributed by atoms with E-state index < -0.39 is 11.0 Å². The van der Waals surface area contributed by atoms with E-state index in [1.165, 1.54) is 6.07 Å². The molecule has 0 saturated heterocycles. The molecular weight excluding hydrogens is 262 g/mol. The van der Waals surface area contributed by atoms with Crippen LogP contribution in [-0.2, 0) is 4.79 Å². The van der Waals surface area contributed by atoms with Gasteiger partial charge in [0.2, 0.25) is 5.91 Å². The van der Waals surface area contributed by atoms with Gasteiger partial charge in [-0.3, -0.25) is 4.79 Å². The van der Waals surface area contributed by atoms with Gasteiger partial charge in [0, 0.05) is 5.54 Å². The Morgan fingerprint density at radius 1 is 1.37 bits per heavy atom. The monoisotopic (exact) mass is 279 g/mol. The number of rotatable bonds is 3. The summed E-state index contributed by atoms with van der Waals surface area (Å²) in [5.41, 5.74) is 5.51. The lowest BCUT2D eigenvalue weighted by Crippen LogP contribution is -2.53. The van der Waals surface area contributed by atoms with Crippen molar-refractivity contribution in [2.45, 2.75) is 33.2 Å². The average molecular weight is 280 g/mol. The van der Waals surface area contributed by atoms with Gasteiger partial charge in [-0.15, -0.1) is 0 Å². The summed E-state index contributed by atoms with van der Waals surface area (Å²) in [6.07, 6.45) is 0. The van der Waals surface area contributed by atoms with Crippen LogP contribution in [-0.4, -0.2) is 11.4 Å². The van der Waals surface area contributed by atoms with Crippen molar-refractivity contribution in [2.75, 3.05) is 5.32 Å². The molecule has 5 heteroatoms. The molecule has 1 aromatic carbocycles. The summed E-state index contributed by atoms with van der Waals surface area (Å²) in [7, 11) is 0. The summed E-state index contributed by atoms with van der Waals surface area (Å²) in [6.45, 7) is 7.15. The summed E-state index contributed by atoms with van der Waals surface area (Å²) in [4.78, 5) is 12.3. The number of benzene rings is 1. The minimum Gasteiger partial charge on any atom is -0.325 e. The largest absolute Gasteiger partial charge is 0.325 e. The number of amides is 1. The van der Waals surface area contributed by atoms with Crippen LogP contribution in [0.5, 0.6) is 0 Å². The fourth-order valence-corrected chi connectivity index (χ4v) is 1.48.